The van der Waals surface area contributed by atoms with Crippen LogP contribution in [0.25, 0.3) is 17.0 Å². The van der Waals surface area contributed by atoms with Crippen LogP contribution in [0.4, 0.5) is 0 Å². The third kappa shape index (κ3) is 2.73. The topological polar surface area (TPSA) is 56.5 Å². The molecular weight excluding hydrogens is 340 g/mol. The molecule has 0 N–H and O–H groups in total. The molecule has 1 aromatic heterocycles. The van der Waals surface area contributed by atoms with Gasteiger partial charge in [0.1, 0.15) is 17.4 Å². The van der Waals surface area contributed by atoms with Gasteiger partial charge in [0.15, 0.2) is 11.4 Å². The fraction of sp³-hybridized carbons (Fsp3) is 0.478. The third-order valence-corrected chi connectivity index (χ3v) is 5.89. The lowest BCUT2D eigenvalue weighted by Crippen LogP contribution is -2.35. The maximum absolute atomic E-state index is 13.2. The van der Waals surface area contributed by atoms with Crippen molar-refractivity contribution < 1.29 is 13.9 Å². The average molecular weight is 366 g/mol. The van der Waals surface area contributed by atoms with E-state index in [1.54, 1.807) is 6.07 Å². The van der Waals surface area contributed by atoms with Gasteiger partial charge in [-0.25, -0.2) is 4.79 Å². The molecule has 0 radical (unpaired) electrons. The number of benzene rings is 1. The van der Waals surface area contributed by atoms with E-state index in [2.05, 4.69) is 32.9 Å². The Morgan fingerprint density at radius 2 is 1.96 bits per heavy atom. The Balaban J connectivity index is 2.18. The summed E-state index contributed by atoms with van der Waals surface area (Å²) in [4.78, 5) is 25.4. The highest BCUT2D eigenvalue weighted by Gasteiger charge is 2.38. The Morgan fingerprint density at radius 1 is 1.22 bits per heavy atom. The molecule has 1 aliphatic carbocycles. The maximum atomic E-state index is 13.2. The first-order valence-electron chi connectivity index (χ1n) is 9.79. The van der Waals surface area contributed by atoms with Crippen molar-refractivity contribution in [2.45, 2.75) is 60.0 Å². The van der Waals surface area contributed by atoms with Gasteiger partial charge < -0.3 is 9.15 Å². The number of rotatable bonds is 2. The van der Waals surface area contributed by atoms with Crippen LogP contribution >= 0.6 is 0 Å². The van der Waals surface area contributed by atoms with E-state index in [4.69, 9.17) is 9.15 Å². The predicted octanol–water partition coefficient (Wildman–Crippen LogP) is 4.94. The fourth-order valence-electron chi connectivity index (χ4n) is 4.28. The summed E-state index contributed by atoms with van der Waals surface area (Å²) in [6.07, 6.45) is 6.56. The van der Waals surface area contributed by atoms with Crippen LogP contribution in [0.2, 0.25) is 0 Å². The lowest BCUT2D eigenvalue weighted by atomic mass is 9.75. The number of hydrogen-bond acceptors (Lipinski definition) is 4. The normalized spacial score (nSPS) is 23.1. The molecule has 27 heavy (non-hydrogen) atoms. The summed E-state index contributed by atoms with van der Waals surface area (Å²) in [6.45, 7) is 10.3. The first-order valence-corrected chi connectivity index (χ1v) is 9.79. The van der Waals surface area contributed by atoms with E-state index in [1.807, 2.05) is 13.8 Å². The lowest BCUT2D eigenvalue weighted by molar-refractivity contribution is 0.0730. The first kappa shape index (κ1) is 18.0. The second-order valence-electron chi connectivity index (χ2n) is 8.62. The van der Waals surface area contributed by atoms with E-state index >= 15 is 0 Å². The minimum atomic E-state index is -0.405. The minimum Gasteiger partial charge on any atom is -0.488 e. The molecular formula is C23H26O4. The van der Waals surface area contributed by atoms with Crippen molar-refractivity contribution in [3.05, 3.63) is 44.8 Å². The number of carbonyl (C=O) groups is 1. The van der Waals surface area contributed by atoms with Gasteiger partial charge in [0.2, 0.25) is 0 Å². The molecule has 0 fully saturated rings. The van der Waals surface area contributed by atoms with Gasteiger partial charge in [-0.05, 0) is 36.3 Å². The van der Waals surface area contributed by atoms with Gasteiger partial charge in [-0.3, -0.25) is 4.79 Å². The lowest BCUT2D eigenvalue weighted by Gasteiger charge is -2.34. The highest BCUT2D eigenvalue weighted by molar-refractivity contribution is 6.13. The van der Waals surface area contributed by atoms with E-state index in [9.17, 15) is 9.59 Å². The number of carbonyl (C=O) groups excluding carboxylic acids is 1. The van der Waals surface area contributed by atoms with E-state index in [1.165, 1.54) is 0 Å². The van der Waals surface area contributed by atoms with Crippen LogP contribution in [0.1, 0.15) is 68.1 Å². The molecule has 1 aliphatic heterocycles. The van der Waals surface area contributed by atoms with E-state index in [0.29, 0.717) is 16.9 Å². The molecule has 4 nitrogen and oxygen atoms in total. The molecule has 0 amide bonds. The highest BCUT2D eigenvalue weighted by atomic mass is 16.5. The van der Waals surface area contributed by atoms with Crippen molar-refractivity contribution >= 4 is 22.8 Å². The SMILES string of the molecule is CCCc1cc(=O)oc2c3c(c4c(c12)CC(C)(C)C=C4)O[C@H](C)[C@@H](C)C3=O. The number of fused-ring (bicyclic) bond motifs is 6. The molecule has 0 unspecified atom stereocenters. The summed E-state index contributed by atoms with van der Waals surface area (Å²) >= 11 is 0. The monoisotopic (exact) mass is 366 g/mol. The summed E-state index contributed by atoms with van der Waals surface area (Å²) in [5.74, 6) is 0.297. The minimum absolute atomic E-state index is 0.00779. The van der Waals surface area contributed by atoms with Crippen molar-refractivity contribution in [2.24, 2.45) is 11.3 Å². The molecule has 2 heterocycles. The van der Waals surface area contributed by atoms with E-state index in [0.717, 1.165) is 41.3 Å². The summed E-state index contributed by atoms with van der Waals surface area (Å²) in [7, 11) is 0. The summed E-state index contributed by atoms with van der Waals surface area (Å²) in [5, 5.41) is 0.932. The molecule has 2 aliphatic rings. The van der Waals surface area contributed by atoms with Crippen LogP contribution in [-0.2, 0) is 12.8 Å². The zero-order valence-corrected chi connectivity index (χ0v) is 16.6. The Morgan fingerprint density at radius 3 is 2.67 bits per heavy atom. The van der Waals surface area contributed by atoms with Crippen LogP contribution in [-0.4, -0.2) is 11.9 Å². The second kappa shape index (κ2) is 6.08. The fourth-order valence-corrected chi connectivity index (χ4v) is 4.28. The van der Waals surface area contributed by atoms with Gasteiger partial charge in [-0.15, -0.1) is 0 Å². The molecule has 1 aromatic carbocycles. The quantitative estimate of drug-likeness (QED) is 0.706. The van der Waals surface area contributed by atoms with Crippen LogP contribution < -0.4 is 10.4 Å². The van der Waals surface area contributed by atoms with Crippen molar-refractivity contribution in [2.75, 3.05) is 0 Å². The second-order valence-corrected chi connectivity index (χ2v) is 8.62. The molecule has 0 spiro atoms. The van der Waals surface area contributed by atoms with Gasteiger partial charge in [0, 0.05) is 17.0 Å². The molecule has 4 heteroatoms. The predicted molar refractivity (Wildman–Crippen MR) is 107 cm³/mol. The number of allylic oxidation sites excluding steroid dienone is 1. The van der Waals surface area contributed by atoms with Gasteiger partial charge in [0.05, 0.1) is 5.92 Å². The Hall–Kier alpha value is -2.36. The summed E-state index contributed by atoms with van der Waals surface area (Å²) < 4.78 is 11.8. The van der Waals surface area contributed by atoms with Gasteiger partial charge in [-0.1, -0.05) is 46.3 Å². The molecule has 2 aromatic rings. The molecule has 0 saturated heterocycles. The van der Waals surface area contributed by atoms with Gasteiger partial charge in [0.25, 0.3) is 0 Å². The number of hydrogen-bond donors (Lipinski definition) is 0. The van der Waals surface area contributed by atoms with Gasteiger partial charge >= 0.3 is 5.63 Å². The smallest absolute Gasteiger partial charge is 0.336 e. The maximum Gasteiger partial charge on any atom is 0.336 e. The van der Waals surface area contributed by atoms with E-state index < -0.39 is 5.63 Å². The van der Waals surface area contributed by atoms with Crippen molar-refractivity contribution in [3.8, 4) is 5.75 Å². The number of aryl methyl sites for hydroxylation is 1. The molecule has 0 bridgehead atoms. The Labute approximate surface area is 159 Å². The summed E-state index contributed by atoms with van der Waals surface area (Å²) in [6, 6.07) is 1.59. The molecule has 4 rings (SSSR count). The first-order chi connectivity index (χ1) is 12.7. The Kier molecular flexibility index (Phi) is 4.06. The number of ether oxygens (including phenoxy) is 1. The zero-order valence-electron chi connectivity index (χ0n) is 16.6. The van der Waals surface area contributed by atoms with Gasteiger partial charge in [-0.2, -0.15) is 0 Å². The van der Waals surface area contributed by atoms with Crippen molar-refractivity contribution in [1.29, 1.82) is 0 Å². The van der Waals surface area contributed by atoms with Crippen LogP contribution in [0.5, 0.6) is 5.75 Å². The largest absolute Gasteiger partial charge is 0.488 e. The highest BCUT2D eigenvalue weighted by Crippen LogP contribution is 2.47. The van der Waals surface area contributed by atoms with Crippen LogP contribution in [0.15, 0.2) is 21.4 Å². The number of Topliss-reactive ketones (excluding diaryl/α,β-unsaturated/α-hetero) is 1. The molecule has 0 saturated carbocycles. The van der Waals surface area contributed by atoms with Crippen LogP contribution in [0.3, 0.4) is 0 Å². The van der Waals surface area contributed by atoms with Crippen molar-refractivity contribution in [1.82, 2.24) is 0 Å². The third-order valence-electron chi connectivity index (χ3n) is 5.89. The van der Waals surface area contributed by atoms with Crippen molar-refractivity contribution in [3.63, 3.8) is 0 Å². The molecule has 2 atom stereocenters. The van der Waals surface area contributed by atoms with Crippen LogP contribution in [0, 0.1) is 11.3 Å². The standard InChI is InChI=1S/C23H26O4/c1-6-7-14-10-17(24)27-22-18(14)16-11-23(4,5)9-8-15(16)21-19(22)20(25)12(2)13(3)26-21/h8-10,12-13H,6-7,11H2,1-5H3/t12-,13-/m1/s1. The Bertz CT molecular complexity index is 1040. The van der Waals surface area contributed by atoms with E-state index in [-0.39, 0.29) is 23.2 Å². The number of ketones is 1. The zero-order chi connectivity index (χ0) is 19.5. The average Bonchev–Trinajstić information content (AvgIpc) is 2.58. The molecule has 142 valence electrons. The summed E-state index contributed by atoms with van der Waals surface area (Å²) in [5.41, 5.74) is 3.49.